The van der Waals surface area contributed by atoms with Crippen LogP contribution in [-0.4, -0.2) is 44.4 Å². The Hall–Kier alpha value is -2.06. The van der Waals surface area contributed by atoms with E-state index in [1.807, 2.05) is 0 Å². The molecule has 1 aliphatic heterocycles. The van der Waals surface area contributed by atoms with Crippen molar-refractivity contribution in [3.05, 3.63) is 46.2 Å². The maximum absolute atomic E-state index is 13.9. The van der Waals surface area contributed by atoms with Gasteiger partial charge in [-0.1, -0.05) is 11.6 Å². The molecule has 0 saturated carbocycles. The van der Waals surface area contributed by atoms with E-state index in [0.29, 0.717) is 5.69 Å². The first kappa shape index (κ1) is 14.9. The molecule has 1 atom stereocenters. The third-order valence-electron chi connectivity index (χ3n) is 3.69. The lowest BCUT2D eigenvalue weighted by molar-refractivity contribution is 0.0380. The van der Waals surface area contributed by atoms with E-state index in [1.165, 1.54) is 11.1 Å². The lowest BCUT2D eigenvalue weighted by atomic mass is 10.00. The molecule has 1 aromatic carbocycles. The van der Waals surface area contributed by atoms with Gasteiger partial charge in [0.15, 0.2) is 5.82 Å². The number of aromatic nitrogens is 3. The van der Waals surface area contributed by atoms with Crippen molar-refractivity contribution in [1.29, 1.82) is 0 Å². The first-order valence-electron chi connectivity index (χ1n) is 6.44. The fourth-order valence-corrected chi connectivity index (χ4v) is 2.63. The number of likely N-dealkylation sites (tertiary alicyclic amines) is 1. The van der Waals surface area contributed by atoms with Crippen LogP contribution < -0.4 is 0 Å². The van der Waals surface area contributed by atoms with E-state index in [1.54, 1.807) is 0 Å². The number of carbonyl (C=O) groups excluding carboxylic acids is 1. The fourth-order valence-electron chi connectivity index (χ4n) is 2.46. The molecule has 116 valence electrons. The summed E-state index contributed by atoms with van der Waals surface area (Å²) in [7, 11) is 0. The van der Waals surface area contributed by atoms with Crippen LogP contribution in [0.15, 0.2) is 18.3 Å². The summed E-state index contributed by atoms with van der Waals surface area (Å²) in [6.07, 6.45) is 1.60. The number of nitrogens with one attached hydrogen (secondary N) is 1. The largest absolute Gasteiger partial charge is 0.381 e. The van der Waals surface area contributed by atoms with Crippen LogP contribution in [0.3, 0.4) is 0 Å². The Morgan fingerprint density at radius 3 is 2.91 bits per heavy atom. The predicted octanol–water partition coefficient (Wildman–Crippen LogP) is 1.47. The lowest BCUT2D eigenvalue weighted by Crippen LogP contribution is -2.35. The van der Waals surface area contributed by atoms with Crippen LogP contribution in [0, 0.1) is 11.6 Å². The summed E-state index contributed by atoms with van der Waals surface area (Å²) in [4.78, 5) is 13.6. The van der Waals surface area contributed by atoms with E-state index in [2.05, 4.69) is 15.4 Å². The number of aromatic amines is 1. The topological polar surface area (TPSA) is 82.1 Å². The highest BCUT2D eigenvalue weighted by atomic mass is 35.5. The smallest absolute Gasteiger partial charge is 0.257 e. The molecule has 0 bridgehead atoms. The van der Waals surface area contributed by atoms with E-state index in [4.69, 9.17) is 11.6 Å². The molecule has 1 unspecified atom stereocenters. The van der Waals surface area contributed by atoms with Gasteiger partial charge in [-0.2, -0.15) is 15.4 Å². The van der Waals surface area contributed by atoms with E-state index in [-0.39, 0.29) is 25.1 Å². The Morgan fingerprint density at radius 2 is 2.23 bits per heavy atom. The van der Waals surface area contributed by atoms with Gasteiger partial charge in [-0.25, -0.2) is 8.78 Å². The highest BCUT2D eigenvalue weighted by Crippen LogP contribution is 2.32. The van der Waals surface area contributed by atoms with Gasteiger partial charge in [-0.15, -0.1) is 0 Å². The minimum absolute atomic E-state index is 0.0627. The Kier molecular flexibility index (Phi) is 3.57. The molecule has 1 amide bonds. The monoisotopic (exact) mass is 328 g/mol. The highest BCUT2D eigenvalue weighted by molar-refractivity contribution is 6.31. The molecule has 22 heavy (non-hydrogen) atoms. The number of H-pyrrole nitrogens is 1. The van der Waals surface area contributed by atoms with Gasteiger partial charge in [0.2, 0.25) is 0 Å². The molecule has 9 heteroatoms. The number of β-amino-alcohol motifs (C(OH)–C–C–N with tert-alkyl or cyclic N) is 1. The average molecular weight is 329 g/mol. The molecule has 0 radical (unpaired) electrons. The first-order chi connectivity index (χ1) is 10.4. The summed E-state index contributed by atoms with van der Waals surface area (Å²) < 4.78 is 27.1. The summed E-state index contributed by atoms with van der Waals surface area (Å²) in [6, 6.07) is 1.96. The number of amides is 1. The molecule has 3 rings (SSSR count). The molecular formula is C13H11ClF2N4O2. The van der Waals surface area contributed by atoms with Crippen LogP contribution in [0.2, 0.25) is 5.02 Å². The third kappa shape index (κ3) is 2.34. The van der Waals surface area contributed by atoms with Crippen molar-refractivity contribution in [2.75, 3.05) is 13.1 Å². The molecule has 1 fully saturated rings. The third-order valence-corrected chi connectivity index (χ3v) is 4.04. The molecule has 2 heterocycles. The first-order valence-corrected chi connectivity index (χ1v) is 6.81. The lowest BCUT2D eigenvalue weighted by Gasteiger charge is -2.21. The Labute approximate surface area is 128 Å². The van der Waals surface area contributed by atoms with Crippen LogP contribution in [-0.2, 0) is 5.60 Å². The number of aliphatic hydroxyl groups is 1. The van der Waals surface area contributed by atoms with Gasteiger partial charge in [-0.05, 0) is 12.1 Å². The molecule has 1 aliphatic rings. The number of benzene rings is 1. The van der Waals surface area contributed by atoms with Crippen molar-refractivity contribution in [1.82, 2.24) is 20.3 Å². The van der Waals surface area contributed by atoms with Gasteiger partial charge in [0.25, 0.3) is 5.91 Å². The normalized spacial score (nSPS) is 21.4. The summed E-state index contributed by atoms with van der Waals surface area (Å²) in [6.45, 7) is 0.142. The molecule has 0 aliphatic carbocycles. The SMILES string of the molecule is O=C(c1ccc(F)c(Cl)c1F)N1CCC(O)(c2cn[nH]n2)C1. The second-order valence-corrected chi connectivity index (χ2v) is 5.46. The van der Waals surface area contributed by atoms with Crippen LogP contribution >= 0.6 is 11.6 Å². The standard InChI is InChI=1S/C13H11ClF2N4O2/c14-10-8(15)2-1-7(11(10)16)12(21)20-4-3-13(22,6-20)9-5-17-19-18-9/h1-2,5,22H,3-4,6H2,(H,17,18,19). The molecule has 1 aromatic heterocycles. The van der Waals surface area contributed by atoms with Crippen molar-refractivity contribution in [2.24, 2.45) is 0 Å². The summed E-state index contributed by atoms with van der Waals surface area (Å²) in [5, 5.41) is 19.6. The Morgan fingerprint density at radius 1 is 1.45 bits per heavy atom. The van der Waals surface area contributed by atoms with Crippen molar-refractivity contribution in [3.63, 3.8) is 0 Å². The van der Waals surface area contributed by atoms with Crippen molar-refractivity contribution in [2.45, 2.75) is 12.0 Å². The van der Waals surface area contributed by atoms with Gasteiger partial charge < -0.3 is 10.0 Å². The molecule has 0 spiro atoms. The van der Waals surface area contributed by atoms with E-state index < -0.39 is 28.2 Å². The number of hydrogen-bond donors (Lipinski definition) is 2. The van der Waals surface area contributed by atoms with Crippen LogP contribution in [0.25, 0.3) is 0 Å². The second-order valence-electron chi connectivity index (χ2n) is 5.09. The molecule has 2 aromatic rings. The Bertz CT molecular complexity index is 725. The molecule has 6 nitrogen and oxygen atoms in total. The van der Waals surface area contributed by atoms with Gasteiger partial charge in [-0.3, -0.25) is 4.79 Å². The molecule has 2 N–H and O–H groups in total. The predicted molar refractivity (Wildman–Crippen MR) is 72.2 cm³/mol. The Balaban J connectivity index is 1.85. The highest BCUT2D eigenvalue weighted by Gasteiger charge is 2.42. The van der Waals surface area contributed by atoms with Crippen LogP contribution in [0.5, 0.6) is 0 Å². The minimum atomic E-state index is -1.34. The summed E-state index contributed by atoms with van der Waals surface area (Å²) in [5.41, 5.74) is -1.38. The van der Waals surface area contributed by atoms with E-state index in [9.17, 15) is 18.7 Å². The van der Waals surface area contributed by atoms with Crippen molar-refractivity contribution in [3.8, 4) is 0 Å². The van der Waals surface area contributed by atoms with Crippen molar-refractivity contribution >= 4 is 17.5 Å². The zero-order valence-electron chi connectivity index (χ0n) is 11.2. The number of rotatable bonds is 2. The van der Waals surface area contributed by atoms with Gasteiger partial charge in [0, 0.05) is 13.0 Å². The zero-order chi connectivity index (χ0) is 15.9. The number of hydrogen-bond acceptors (Lipinski definition) is 4. The quantitative estimate of drug-likeness (QED) is 0.818. The maximum Gasteiger partial charge on any atom is 0.257 e. The number of nitrogens with zero attached hydrogens (tertiary/aromatic N) is 3. The second kappa shape index (κ2) is 5.29. The van der Waals surface area contributed by atoms with Gasteiger partial charge >= 0.3 is 0 Å². The molecular weight excluding hydrogens is 318 g/mol. The molecule has 1 saturated heterocycles. The average Bonchev–Trinajstić information content (AvgIpc) is 3.15. The van der Waals surface area contributed by atoms with E-state index in [0.717, 1.165) is 12.1 Å². The van der Waals surface area contributed by atoms with Gasteiger partial charge in [0.05, 0.1) is 18.3 Å². The van der Waals surface area contributed by atoms with Crippen LogP contribution in [0.4, 0.5) is 8.78 Å². The maximum atomic E-state index is 13.9. The zero-order valence-corrected chi connectivity index (χ0v) is 11.9. The minimum Gasteiger partial charge on any atom is -0.381 e. The number of carbonyl (C=O) groups is 1. The van der Waals surface area contributed by atoms with Crippen LogP contribution in [0.1, 0.15) is 22.5 Å². The fraction of sp³-hybridized carbons (Fsp3) is 0.308. The summed E-state index contributed by atoms with van der Waals surface area (Å²) in [5.74, 6) is -2.71. The van der Waals surface area contributed by atoms with Gasteiger partial charge in [0.1, 0.15) is 22.1 Å². The van der Waals surface area contributed by atoms with Crippen molar-refractivity contribution < 1.29 is 18.7 Å². The summed E-state index contributed by atoms with van der Waals surface area (Å²) >= 11 is 5.48. The van der Waals surface area contributed by atoms with E-state index >= 15 is 0 Å². The number of halogens is 3.